The maximum absolute atomic E-state index is 13.0. The molecular weight excluding hydrogens is 318 g/mol. The Morgan fingerprint density at radius 1 is 1.16 bits per heavy atom. The van der Waals surface area contributed by atoms with Crippen LogP contribution in [0.3, 0.4) is 0 Å². The van der Waals surface area contributed by atoms with Crippen molar-refractivity contribution >= 4 is 28.5 Å². The molecule has 1 aliphatic heterocycles. The Balaban J connectivity index is 1.89. The van der Waals surface area contributed by atoms with Gasteiger partial charge >= 0.3 is 0 Å². The molecule has 0 aliphatic carbocycles. The highest BCUT2D eigenvalue weighted by molar-refractivity contribution is 6.10. The van der Waals surface area contributed by atoms with E-state index in [1.165, 1.54) is 0 Å². The summed E-state index contributed by atoms with van der Waals surface area (Å²) in [5.74, 6) is -0.00785. The van der Waals surface area contributed by atoms with Crippen LogP contribution in [0.1, 0.15) is 36.7 Å². The number of carbonyl (C=O) groups is 2. The third kappa shape index (κ3) is 3.85. The number of amides is 2. The lowest BCUT2D eigenvalue weighted by molar-refractivity contribution is -0.116. The summed E-state index contributed by atoms with van der Waals surface area (Å²) in [7, 11) is 2.04. The molecule has 0 bridgehead atoms. The molecule has 0 atom stereocenters. The van der Waals surface area contributed by atoms with Crippen LogP contribution in [0, 0.1) is 0 Å². The molecule has 0 spiro atoms. The minimum absolute atomic E-state index is 0.0826. The van der Waals surface area contributed by atoms with Gasteiger partial charge < -0.3 is 19.5 Å². The third-order valence-corrected chi connectivity index (χ3v) is 4.60. The van der Waals surface area contributed by atoms with Crippen LogP contribution in [0.4, 0.5) is 5.69 Å². The zero-order valence-electron chi connectivity index (χ0n) is 14.9. The van der Waals surface area contributed by atoms with Gasteiger partial charge in [0, 0.05) is 38.0 Å². The van der Waals surface area contributed by atoms with Crippen molar-refractivity contribution in [2.75, 3.05) is 38.5 Å². The number of anilines is 1. The van der Waals surface area contributed by atoms with Gasteiger partial charge in [-0.3, -0.25) is 9.59 Å². The van der Waals surface area contributed by atoms with E-state index in [2.05, 4.69) is 10.2 Å². The number of furan rings is 1. The van der Waals surface area contributed by atoms with E-state index in [-0.39, 0.29) is 17.6 Å². The molecule has 6 heteroatoms. The summed E-state index contributed by atoms with van der Waals surface area (Å²) in [6.45, 7) is 5.04. The zero-order chi connectivity index (χ0) is 17.8. The minimum Gasteiger partial charge on any atom is -0.449 e. The molecule has 1 aromatic heterocycles. The van der Waals surface area contributed by atoms with Crippen molar-refractivity contribution in [3.05, 3.63) is 30.0 Å². The van der Waals surface area contributed by atoms with Crippen LogP contribution in [-0.2, 0) is 4.79 Å². The number of fused-ring (bicyclic) bond motifs is 1. The van der Waals surface area contributed by atoms with Gasteiger partial charge in [-0.2, -0.15) is 0 Å². The van der Waals surface area contributed by atoms with Gasteiger partial charge in [0.05, 0.1) is 0 Å². The molecule has 1 aliphatic rings. The van der Waals surface area contributed by atoms with E-state index in [4.69, 9.17) is 4.42 Å². The lowest BCUT2D eigenvalue weighted by Gasteiger charge is -2.32. The van der Waals surface area contributed by atoms with Crippen LogP contribution in [0.25, 0.3) is 11.0 Å². The van der Waals surface area contributed by atoms with Crippen molar-refractivity contribution in [3.63, 3.8) is 0 Å². The lowest BCUT2D eigenvalue weighted by Crippen LogP contribution is -2.47. The van der Waals surface area contributed by atoms with Crippen LogP contribution in [0.2, 0.25) is 0 Å². The molecule has 134 valence electrons. The fourth-order valence-corrected chi connectivity index (χ4v) is 3.01. The van der Waals surface area contributed by atoms with Crippen molar-refractivity contribution in [1.29, 1.82) is 0 Å². The van der Waals surface area contributed by atoms with Crippen molar-refractivity contribution in [2.24, 2.45) is 0 Å². The SMILES string of the molecule is CCCCC(=O)Nc1c(C(=O)N2CCN(C)CC2)oc2ccccc12. The van der Waals surface area contributed by atoms with Gasteiger partial charge in [0.25, 0.3) is 5.91 Å². The predicted octanol–water partition coefficient (Wildman–Crippen LogP) is 2.95. The fourth-order valence-electron chi connectivity index (χ4n) is 3.01. The number of para-hydroxylation sites is 1. The maximum atomic E-state index is 13.0. The molecule has 1 aromatic carbocycles. The number of unbranched alkanes of at least 4 members (excludes halogenated alkanes) is 1. The Hall–Kier alpha value is -2.34. The summed E-state index contributed by atoms with van der Waals surface area (Å²) in [6.07, 6.45) is 2.22. The van der Waals surface area contributed by atoms with Crippen LogP contribution in [0.5, 0.6) is 0 Å². The summed E-state index contributed by atoms with van der Waals surface area (Å²) < 4.78 is 5.83. The van der Waals surface area contributed by atoms with Gasteiger partial charge in [0.15, 0.2) is 0 Å². The van der Waals surface area contributed by atoms with Crippen LogP contribution < -0.4 is 5.32 Å². The number of rotatable bonds is 5. The molecule has 3 rings (SSSR count). The van der Waals surface area contributed by atoms with Gasteiger partial charge in [-0.15, -0.1) is 0 Å². The second kappa shape index (κ2) is 7.70. The van der Waals surface area contributed by atoms with Crippen LogP contribution in [0.15, 0.2) is 28.7 Å². The summed E-state index contributed by atoms with van der Waals surface area (Å²) >= 11 is 0. The van der Waals surface area contributed by atoms with Gasteiger partial charge in [-0.25, -0.2) is 0 Å². The molecule has 2 amide bonds. The Bertz CT molecular complexity index is 760. The highest BCUT2D eigenvalue weighted by Crippen LogP contribution is 2.32. The zero-order valence-corrected chi connectivity index (χ0v) is 14.9. The standard InChI is InChI=1S/C19H25N3O3/c1-3-4-9-16(23)20-17-14-7-5-6-8-15(14)25-18(17)19(24)22-12-10-21(2)11-13-22/h5-8H,3-4,9-13H2,1-2H3,(H,20,23). The average Bonchev–Trinajstić information content (AvgIpc) is 2.98. The first-order chi connectivity index (χ1) is 12.1. The molecule has 1 N–H and O–H groups in total. The van der Waals surface area contributed by atoms with Crippen LogP contribution >= 0.6 is 0 Å². The molecule has 1 fully saturated rings. The highest BCUT2D eigenvalue weighted by atomic mass is 16.3. The number of nitrogens with one attached hydrogen (secondary N) is 1. The van der Waals surface area contributed by atoms with E-state index >= 15 is 0 Å². The van der Waals surface area contributed by atoms with Crippen molar-refractivity contribution in [2.45, 2.75) is 26.2 Å². The minimum atomic E-state index is -0.157. The number of hydrogen-bond donors (Lipinski definition) is 1. The normalized spacial score (nSPS) is 15.5. The van der Waals surface area contributed by atoms with E-state index < -0.39 is 0 Å². The summed E-state index contributed by atoms with van der Waals surface area (Å²) in [5, 5.41) is 3.67. The Morgan fingerprint density at radius 3 is 2.60 bits per heavy atom. The lowest BCUT2D eigenvalue weighted by atomic mass is 10.2. The van der Waals surface area contributed by atoms with Gasteiger partial charge in [0.2, 0.25) is 11.7 Å². The first-order valence-corrected chi connectivity index (χ1v) is 8.89. The van der Waals surface area contributed by atoms with E-state index in [1.54, 1.807) is 4.90 Å². The Kier molecular flexibility index (Phi) is 5.38. The molecule has 0 radical (unpaired) electrons. The Morgan fingerprint density at radius 2 is 1.88 bits per heavy atom. The number of nitrogens with zero attached hydrogens (tertiary/aromatic N) is 2. The van der Waals surface area contributed by atoms with E-state index in [0.29, 0.717) is 30.8 Å². The number of carbonyl (C=O) groups excluding carboxylic acids is 2. The van der Waals surface area contributed by atoms with Crippen molar-refractivity contribution < 1.29 is 14.0 Å². The largest absolute Gasteiger partial charge is 0.449 e. The second-order valence-corrected chi connectivity index (χ2v) is 6.55. The van der Waals surface area contributed by atoms with Gasteiger partial charge in [0.1, 0.15) is 11.3 Å². The van der Waals surface area contributed by atoms with Gasteiger partial charge in [-0.05, 0) is 25.6 Å². The smallest absolute Gasteiger partial charge is 0.291 e. The molecule has 1 saturated heterocycles. The number of piperazine rings is 1. The first-order valence-electron chi connectivity index (χ1n) is 8.89. The van der Waals surface area contributed by atoms with E-state index in [1.807, 2.05) is 38.2 Å². The van der Waals surface area contributed by atoms with E-state index in [0.717, 1.165) is 31.3 Å². The molecule has 0 unspecified atom stereocenters. The quantitative estimate of drug-likeness (QED) is 0.906. The van der Waals surface area contributed by atoms with E-state index in [9.17, 15) is 9.59 Å². The monoisotopic (exact) mass is 343 g/mol. The topological polar surface area (TPSA) is 65.8 Å². The Labute approximate surface area is 147 Å². The summed E-state index contributed by atoms with van der Waals surface area (Å²) in [4.78, 5) is 29.2. The summed E-state index contributed by atoms with van der Waals surface area (Å²) in [6, 6.07) is 7.43. The number of benzene rings is 1. The molecule has 6 nitrogen and oxygen atoms in total. The van der Waals surface area contributed by atoms with Crippen LogP contribution in [-0.4, -0.2) is 54.8 Å². The fraction of sp³-hybridized carbons (Fsp3) is 0.474. The molecular formula is C19H25N3O3. The predicted molar refractivity (Wildman–Crippen MR) is 97.8 cm³/mol. The molecule has 25 heavy (non-hydrogen) atoms. The number of hydrogen-bond acceptors (Lipinski definition) is 4. The second-order valence-electron chi connectivity index (χ2n) is 6.55. The number of likely N-dealkylation sites (N-methyl/N-ethyl adjacent to an activating group) is 1. The summed E-state index contributed by atoms with van der Waals surface area (Å²) in [5.41, 5.74) is 1.12. The molecule has 2 aromatic rings. The average molecular weight is 343 g/mol. The van der Waals surface area contributed by atoms with Gasteiger partial charge in [-0.1, -0.05) is 25.5 Å². The highest BCUT2D eigenvalue weighted by Gasteiger charge is 2.28. The third-order valence-electron chi connectivity index (χ3n) is 4.60. The first kappa shape index (κ1) is 17.5. The maximum Gasteiger partial charge on any atom is 0.291 e. The van der Waals surface area contributed by atoms with Crippen molar-refractivity contribution in [1.82, 2.24) is 9.80 Å². The molecule has 0 saturated carbocycles. The molecule has 2 heterocycles. The van der Waals surface area contributed by atoms with Crippen molar-refractivity contribution in [3.8, 4) is 0 Å².